The Balaban J connectivity index is 1.74. The van der Waals surface area contributed by atoms with E-state index in [1.165, 1.54) is 12.1 Å². The molecule has 0 saturated heterocycles. The average Bonchev–Trinajstić information content (AvgIpc) is 2.84. The van der Waals surface area contributed by atoms with E-state index in [0.29, 0.717) is 11.0 Å². The van der Waals surface area contributed by atoms with E-state index in [0.717, 1.165) is 18.2 Å². The van der Waals surface area contributed by atoms with Crippen LogP contribution < -0.4 is 0 Å². The Kier molecular flexibility index (Phi) is 4.82. The average molecular weight is 381 g/mol. The molecule has 1 heterocycles. The lowest BCUT2D eigenvalue weighted by atomic mass is 10.1. The molecule has 0 atom stereocenters. The molecule has 140 valence electrons. The van der Waals surface area contributed by atoms with Crippen LogP contribution >= 0.6 is 0 Å². The summed E-state index contributed by atoms with van der Waals surface area (Å²) < 4.78 is 65.6. The normalized spacial score (nSPS) is 14.7. The number of nitrogens with zero attached hydrogens (tertiary/aromatic N) is 1. The molecule has 1 aliphatic rings. The van der Waals surface area contributed by atoms with Gasteiger partial charge < -0.3 is 0 Å². The quantitative estimate of drug-likeness (QED) is 0.576. The highest BCUT2D eigenvalue weighted by molar-refractivity contribution is 6.21. The molecular formula is C19H12F5NO2. The lowest BCUT2D eigenvalue weighted by molar-refractivity contribution is -0.137. The predicted molar refractivity (Wildman–Crippen MR) is 86.1 cm³/mol. The van der Waals surface area contributed by atoms with Crippen LogP contribution in [-0.4, -0.2) is 23.3 Å². The van der Waals surface area contributed by atoms with Gasteiger partial charge in [-0.25, -0.2) is 8.78 Å². The molecule has 0 aromatic heterocycles. The van der Waals surface area contributed by atoms with Gasteiger partial charge in [-0.1, -0.05) is 12.1 Å². The minimum Gasteiger partial charge on any atom is -0.269 e. The Morgan fingerprint density at radius 1 is 1.00 bits per heavy atom. The van der Waals surface area contributed by atoms with Crippen molar-refractivity contribution in [2.45, 2.75) is 12.6 Å². The highest BCUT2D eigenvalue weighted by atomic mass is 19.4. The molecular weight excluding hydrogens is 369 g/mol. The van der Waals surface area contributed by atoms with Gasteiger partial charge in [0.1, 0.15) is 11.6 Å². The van der Waals surface area contributed by atoms with Crippen molar-refractivity contribution in [3.8, 4) is 0 Å². The number of imide groups is 1. The summed E-state index contributed by atoms with van der Waals surface area (Å²) in [5.41, 5.74) is -0.933. The minimum absolute atomic E-state index is 0.0835. The molecule has 1 aliphatic heterocycles. The summed E-state index contributed by atoms with van der Waals surface area (Å²) in [5, 5.41) is 0. The van der Waals surface area contributed by atoms with Crippen LogP contribution in [-0.2, 0) is 12.6 Å². The summed E-state index contributed by atoms with van der Waals surface area (Å²) >= 11 is 0. The summed E-state index contributed by atoms with van der Waals surface area (Å²) in [6.07, 6.45) is -4.13. The number of allylic oxidation sites excluding steroid dienone is 1. The smallest absolute Gasteiger partial charge is 0.269 e. The summed E-state index contributed by atoms with van der Waals surface area (Å²) in [7, 11) is 0. The van der Waals surface area contributed by atoms with E-state index >= 15 is 0 Å². The van der Waals surface area contributed by atoms with Crippen molar-refractivity contribution in [2.24, 2.45) is 0 Å². The maximum Gasteiger partial charge on any atom is 0.416 e. The third-order valence-corrected chi connectivity index (χ3v) is 4.03. The topological polar surface area (TPSA) is 37.4 Å². The van der Waals surface area contributed by atoms with Crippen molar-refractivity contribution in [3.05, 3.63) is 82.4 Å². The Morgan fingerprint density at radius 2 is 1.59 bits per heavy atom. The monoisotopic (exact) mass is 381 g/mol. The van der Waals surface area contributed by atoms with E-state index in [1.807, 2.05) is 0 Å². The molecule has 2 aromatic rings. The van der Waals surface area contributed by atoms with Crippen LogP contribution in [0.5, 0.6) is 0 Å². The summed E-state index contributed by atoms with van der Waals surface area (Å²) in [5.74, 6) is -3.27. The zero-order chi connectivity index (χ0) is 19.8. The molecule has 2 aromatic carbocycles. The van der Waals surface area contributed by atoms with Crippen LogP contribution in [0.2, 0.25) is 0 Å². The fraction of sp³-hybridized carbons (Fsp3) is 0.158. The van der Waals surface area contributed by atoms with E-state index in [2.05, 4.69) is 0 Å². The van der Waals surface area contributed by atoms with E-state index in [-0.39, 0.29) is 23.1 Å². The Labute approximate surface area is 150 Å². The molecule has 3 nitrogen and oxygen atoms in total. The second-order valence-electron chi connectivity index (χ2n) is 5.94. The largest absolute Gasteiger partial charge is 0.416 e. The Morgan fingerprint density at radius 3 is 2.15 bits per heavy atom. The molecule has 27 heavy (non-hydrogen) atoms. The lowest BCUT2D eigenvalue weighted by Gasteiger charge is -2.12. The van der Waals surface area contributed by atoms with Crippen molar-refractivity contribution in [3.63, 3.8) is 0 Å². The third-order valence-electron chi connectivity index (χ3n) is 4.03. The number of hydrogen-bond donors (Lipinski definition) is 0. The van der Waals surface area contributed by atoms with Crippen LogP contribution in [0.1, 0.15) is 31.8 Å². The minimum atomic E-state index is -4.72. The van der Waals surface area contributed by atoms with Crippen LogP contribution in [0, 0.1) is 5.82 Å². The van der Waals surface area contributed by atoms with E-state index in [1.54, 1.807) is 12.1 Å². The maximum absolute atomic E-state index is 14.1. The van der Waals surface area contributed by atoms with E-state index in [9.17, 15) is 31.5 Å². The maximum atomic E-state index is 14.1. The Bertz CT molecular complexity index is 914. The highest BCUT2D eigenvalue weighted by Gasteiger charge is 2.35. The van der Waals surface area contributed by atoms with Gasteiger partial charge in [-0.2, -0.15) is 13.2 Å². The van der Waals surface area contributed by atoms with Gasteiger partial charge in [0.15, 0.2) is 0 Å². The van der Waals surface area contributed by atoms with Crippen LogP contribution in [0.4, 0.5) is 22.0 Å². The second-order valence-corrected chi connectivity index (χ2v) is 5.94. The number of alkyl halides is 3. The van der Waals surface area contributed by atoms with Crippen molar-refractivity contribution in [2.75, 3.05) is 6.54 Å². The fourth-order valence-corrected chi connectivity index (χ4v) is 2.76. The fourth-order valence-electron chi connectivity index (χ4n) is 2.76. The first-order valence-electron chi connectivity index (χ1n) is 7.83. The first-order chi connectivity index (χ1) is 12.7. The molecule has 3 rings (SSSR count). The van der Waals surface area contributed by atoms with Gasteiger partial charge in [-0.15, -0.1) is 0 Å². The van der Waals surface area contributed by atoms with Gasteiger partial charge in [-0.3, -0.25) is 14.5 Å². The van der Waals surface area contributed by atoms with Gasteiger partial charge in [-0.05, 0) is 48.4 Å². The zero-order valence-electron chi connectivity index (χ0n) is 13.7. The summed E-state index contributed by atoms with van der Waals surface area (Å²) in [4.78, 5) is 25.0. The molecule has 0 bridgehead atoms. The Hall–Kier alpha value is -3.03. The third kappa shape index (κ3) is 3.89. The van der Waals surface area contributed by atoms with Crippen molar-refractivity contribution < 1.29 is 31.5 Å². The van der Waals surface area contributed by atoms with Crippen molar-refractivity contribution >= 4 is 11.8 Å². The number of hydrogen-bond acceptors (Lipinski definition) is 2. The highest BCUT2D eigenvalue weighted by Crippen LogP contribution is 2.30. The number of carbonyl (C=O) groups is 2. The second kappa shape index (κ2) is 6.94. The summed E-state index contributed by atoms with van der Waals surface area (Å²) in [6.45, 7) is -0.645. The van der Waals surface area contributed by atoms with Gasteiger partial charge >= 0.3 is 6.18 Å². The number of carbonyl (C=O) groups excluding carboxylic acids is 2. The molecule has 0 unspecified atom stereocenters. The van der Waals surface area contributed by atoms with Crippen LogP contribution in [0.3, 0.4) is 0 Å². The summed E-state index contributed by atoms with van der Waals surface area (Å²) in [6, 6.07) is 7.97. The number of fused-ring (bicyclic) bond motifs is 1. The number of amides is 2. The van der Waals surface area contributed by atoms with Crippen LogP contribution in [0.25, 0.3) is 0 Å². The lowest BCUT2D eigenvalue weighted by Crippen LogP contribution is -2.31. The molecule has 0 N–H and O–H groups in total. The molecule has 8 heteroatoms. The SMILES string of the molecule is O=C1c2ccccc2C(=O)N1C/C(F)=C\Cc1cc(F)cc(C(F)(F)F)c1. The molecule has 0 spiro atoms. The van der Waals surface area contributed by atoms with Gasteiger partial charge in [0.05, 0.1) is 23.2 Å². The number of halogens is 5. The first-order valence-corrected chi connectivity index (χ1v) is 7.83. The molecule has 0 radical (unpaired) electrons. The number of benzene rings is 2. The zero-order valence-corrected chi connectivity index (χ0v) is 13.7. The molecule has 0 saturated carbocycles. The van der Waals surface area contributed by atoms with E-state index < -0.39 is 41.7 Å². The van der Waals surface area contributed by atoms with E-state index in [4.69, 9.17) is 0 Å². The van der Waals surface area contributed by atoms with Crippen molar-refractivity contribution in [1.82, 2.24) is 4.90 Å². The van der Waals surface area contributed by atoms with Crippen LogP contribution in [0.15, 0.2) is 54.4 Å². The van der Waals surface area contributed by atoms with Crippen molar-refractivity contribution in [1.29, 1.82) is 0 Å². The number of rotatable bonds is 4. The van der Waals surface area contributed by atoms with Gasteiger partial charge in [0.2, 0.25) is 0 Å². The standard InChI is InChI=1S/C19H12F5NO2/c20-13(6-5-11-7-12(19(22,23)24)9-14(21)8-11)10-25-17(26)15-3-1-2-4-16(15)18(25)27/h1-4,6-9H,5,10H2/b13-6+. The molecule has 0 aliphatic carbocycles. The van der Waals surface area contributed by atoms with Gasteiger partial charge in [0.25, 0.3) is 11.8 Å². The molecule has 0 fully saturated rings. The van der Waals surface area contributed by atoms with Gasteiger partial charge in [0, 0.05) is 0 Å². The predicted octanol–water partition coefficient (Wildman–Crippen LogP) is 4.54. The first kappa shape index (κ1) is 18.8. The molecule has 2 amide bonds.